The summed E-state index contributed by atoms with van der Waals surface area (Å²) in [6, 6.07) is 0. The maximum absolute atomic E-state index is 12.7. The van der Waals surface area contributed by atoms with Gasteiger partial charge in [-0.05, 0) is 97.7 Å². The first kappa shape index (κ1) is 49.9. The van der Waals surface area contributed by atoms with Gasteiger partial charge in [-0.3, -0.25) is 9.59 Å². The topological polar surface area (TPSA) is 55.8 Å². The van der Waals surface area contributed by atoms with Gasteiger partial charge in [0.2, 0.25) is 0 Å². The predicted octanol–water partition coefficient (Wildman–Crippen LogP) is 14.5. The molecule has 0 spiro atoms. The number of hydrogen-bond acceptors (Lipinski definition) is 5. The van der Waals surface area contributed by atoms with Crippen molar-refractivity contribution in [3.8, 4) is 0 Å². The molecule has 0 aliphatic rings. The van der Waals surface area contributed by atoms with Gasteiger partial charge in [-0.25, -0.2) is 0 Å². The Kier molecular flexibility index (Phi) is 36.4. The van der Waals surface area contributed by atoms with Crippen LogP contribution in [0.3, 0.4) is 0 Å². The predicted molar refractivity (Wildman–Crippen MR) is 222 cm³/mol. The maximum atomic E-state index is 12.7. The standard InChI is InChI=1S/C46H91NO4/c1-7-11-14-17-22-29-36-43(37-30-23-18-15-12-8-2)50-44(48)38-31-24-20-27-34-41-47(10-4)42-35-28-21-25-32-39-45(49)51-46(5,6)40-33-26-19-16-13-9-3/h43H,7-42H2,1-6H3. The molecule has 0 atom stereocenters. The lowest BCUT2D eigenvalue weighted by atomic mass is 9.99. The number of carbonyl (C=O) groups is 2. The molecule has 0 aliphatic heterocycles. The smallest absolute Gasteiger partial charge is 0.306 e. The second-order valence-corrected chi connectivity index (χ2v) is 16.4. The van der Waals surface area contributed by atoms with E-state index in [-0.39, 0.29) is 23.6 Å². The third-order valence-corrected chi connectivity index (χ3v) is 10.7. The first-order chi connectivity index (χ1) is 24.8. The van der Waals surface area contributed by atoms with Gasteiger partial charge in [0.05, 0.1) is 0 Å². The van der Waals surface area contributed by atoms with Crippen molar-refractivity contribution in [1.29, 1.82) is 0 Å². The first-order valence-electron chi connectivity index (χ1n) is 22.9. The minimum atomic E-state index is -0.331. The molecular formula is C46H91NO4. The molecule has 0 bridgehead atoms. The zero-order valence-electron chi connectivity index (χ0n) is 35.6. The molecule has 0 aromatic heterocycles. The van der Waals surface area contributed by atoms with E-state index in [1.807, 2.05) is 0 Å². The third-order valence-electron chi connectivity index (χ3n) is 10.7. The van der Waals surface area contributed by atoms with Gasteiger partial charge in [0, 0.05) is 12.8 Å². The summed E-state index contributed by atoms with van der Waals surface area (Å²) >= 11 is 0. The SMILES string of the molecule is CCCCCCCCC(CCCCCCCC)OC(=O)CCCCCCCN(CC)CCCCCCCC(=O)OC(C)(C)CCCCCCCC. The zero-order chi connectivity index (χ0) is 37.7. The molecule has 0 fully saturated rings. The van der Waals surface area contributed by atoms with Crippen molar-refractivity contribution in [3.05, 3.63) is 0 Å². The average molecular weight is 722 g/mol. The van der Waals surface area contributed by atoms with E-state index in [0.29, 0.717) is 12.8 Å². The van der Waals surface area contributed by atoms with Gasteiger partial charge in [-0.1, -0.05) is 163 Å². The molecule has 51 heavy (non-hydrogen) atoms. The normalized spacial score (nSPS) is 11.9. The van der Waals surface area contributed by atoms with Crippen LogP contribution in [0.15, 0.2) is 0 Å². The molecule has 0 aliphatic carbocycles. The quantitative estimate of drug-likeness (QED) is 0.0466. The summed E-state index contributed by atoms with van der Waals surface area (Å²) in [7, 11) is 0. The highest BCUT2D eigenvalue weighted by molar-refractivity contribution is 5.70. The average Bonchev–Trinajstić information content (AvgIpc) is 3.10. The Bertz CT molecular complexity index is 738. The monoisotopic (exact) mass is 722 g/mol. The number of esters is 2. The Morgan fingerprint density at radius 1 is 0.471 bits per heavy atom. The summed E-state index contributed by atoms with van der Waals surface area (Å²) in [5.74, 6) is 0.0196. The zero-order valence-corrected chi connectivity index (χ0v) is 35.6. The Hall–Kier alpha value is -1.10. The van der Waals surface area contributed by atoms with Crippen LogP contribution in [-0.2, 0) is 19.1 Å². The molecule has 0 rings (SSSR count). The van der Waals surface area contributed by atoms with Crippen molar-refractivity contribution < 1.29 is 19.1 Å². The Labute approximate surface area is 319 Å². The van der Waals surface area contributed by atoms with E-state index in [1.54, 1.807) is 0 Å². The van der Waals surface area contributed by atoms with Crippen LogP contribution >= 0.6 is 0 Å². The molecule has 0 amide bonds. The van der Waals surface area contributed by atoms with Crippen molar-refractivity contribution >= 4 is 11.9 Å². The van der Waals surface area contributed by atoms with Crippen LogP contribution in [0.4, 0.5) is 0 Å². The van der Waals surface area contributed by atoms with Gasteiger partial charge in [-0.15, -0.1) is 0 Å². The number of unbranched alkanes of at least 4 members (excludes halogenated alkanes) is 23. The van der Waals surface area contributed by atoms with Crippen molar-refractivity contribution in [1.82, 2.24) is 4.90 Å². The third kappa shape index (κ3) is 35.7. The summed E-state index contributed by atoms with van der Waals surface area (Å²) in [6.07, 6.45) is 39.0. The minimum absolute atomic E-state index is 0.0191. The van der Waals surface area contributed by atoms with Gasteiger partial charge in [0.1, 0.15) is 11.7 Å². The van der Waals surface area contributed by atoms with Crippen LogP contribution in [0.25, 0.3) is 0 Å². The molecule has 0 heterocycles. The van der Waals surface area contributed by atoms with E-state index >= 15 is 0 Å². The van der Waals surface area contributed by atoms with E-state index in [4.69, 9.17) is 9.47 Å². The maximum Gasteiger partial charge on any atom is 0.306 e. The van der Waals surface area contributed by atoms with Crippen LogP contribution in [0.5, 0.6) is 0 Å². The Morgan fingerprint density at radius 3 is 1.29 bits per heavy atom. The van der Waals surface area contributed by atoms with E-state index in [9.17, 15) is 9.59 Å². The lowest BCUT2D eigenvalue weighted by Crippen LogP contribution is -2.27. The molecule has 5 heteroatoms. The molecule has 0 N–H and O–H groups in total. The summed E-state index contributed by atoms with van der Waals surface area (Å²) in [6.45, 7) is 16.7. The second kappa shape index (κ2) is 37.2. The van der Waals surface area contributed by atoms with Gasteiger partial charge < -0.3 is 14.4 Å². The van der Waals surface area contributed by atoms with E-state index < -0.39 is 0 Å². The van der Waals surface area contributed by atoms with Crippen molar-refractivity contribution in [2.24, 2.45) is 0 Å². The molecule has 0 aromatic rings. The van der Waals surface area contributed by atoms with Crippen molar-refractivity contribution in [3.63, 3.8) is 0 Å². The van der Waals surface area contributed by atoms with Crippen molar-refractivity contribution in [2.45, 2.75) is 265 Å². The molecular weight excluding hydrogens is 631 g/mol. The highest BCUT2D eigenvalue weighted by Crippen LogP contribution is 2.22. The minimum Gasteiger partial charge on any atom is -0.462 e. The highest BCUT2D eigenvalue weighted by Gasteiger charge is 2.22. The van der Waals surface area contributed by atoms with Gasteiger partial charge >= 0.3 is 11.9 Å². The van der Waals surface area contributed by atoms with Crippen LogP contribution in [0.1, 0.15) is 253 Å². The first-order valence-corrected chi connectivity index (χ1v) is 22.9. The molecule has 5 nitrogen and oxygen atoms in total. The van der Waals surface area contributed by atoms with E-state index in [2.05, 4.69) is 46.4 Å². The number of ether oxygens (including phenoxy) is 2. The number of rotatable bonds is 40. The molecule has 0 aromatic carbocycles. The molecule has 0 saturated heterocycles. The van der Waals surface area contributed by atoms with Gasteiger partial charge in [0.25, 0.3) is 0 Å². The van der Waals surface area contributed by atoms with Crippen LogP contribution in [0.2, 0.25) is 0 Å². The van der Waals surface area contributed by atoms with E-state index in [1.165, 1.54) is 161 Å². The second-order valence-electron chi connectivity index (χ2n) is 16.4. The number of nitrogens with zero attached hydrogens (tertiary/aromatic N) is 1. The van der Waals surface area contributed by atoms with Crippen LogP contribution in [-0.4, -0.2) is 48.2 Å². The summed E-state index contributed by atoms with van der Waals surface area (Å²) < 4.78 is 11.8. The lowest BCUT2D eigenvalue weighted by Gasteiger charge is -2.25. The summed E-state index contributed by atoms with van der Waals surface area (Å²) in [5, 5.41) is 0. The van der Waals surface area contributed by atoms with Crippen LogP contribution < -0.4 is 0 Å². The molecule has 0 saturated carbocycles. The van der Waals surface area contributed by atoms with Crippen LogP contribution in [0, 0.1) is 0 Å². The fourth-order valence-electron chi connectivity index (χ4n) is 7.25. The molecule has 0 radical (unpaired) electrons. The largest absolute Gasteiger partial charge is 0.462 e. The number of hydrogen-bond donors (Lipinski definition) is 0. The summed E-state index contributed by atoms with van der Waals surface area (Å²) in [5.41, 5.74) is -0.331. The lowest BCUT2D eigenvalue weighted by molar-refractivity contribution is -0.157. The van der Waals surface area contributed by atoms with Gasteiger partial charge in [-0.2, -0.15) is 0 Å². The van der Waals surface area contributed by atoms with Crippen molar-refractivity contribution in [2.75, 3.05) is 19.6 Å². The fourth-order valence-corrected chi connectivity index (χ4v) is 7.25. The molecule has 304 valence electrons. The fraction of sp³-hybridized carbons (Fsp3) is 0.957. The van der Waals surface area contributed by atoms with E-state index in [0.717, 1.165) is 57.9 Å². The Morgan fingerprint density at radius 2 is 0.843 bits per heavy atom. The van der Waals surface area contributed by atoms with Gasteiger partial charge in [0.15, 0.2) is 0 Å². The highest BCUT2D eigenvalue weighted by atomic mass is 16.6. The molecule has 0 unspecified atom stereocenters. The summed E-state index contributed by atoms with van der Waals surface area (Å²) in [4.78, 5) is 27.7. The number of carbonyl (C=O) groups excluding carboxylic acids is 2. The Balaban J connectivity index is 3.96.